The minimum absolute atomic E-state index is 0.597. The van der Waals surface area contributed by atoms with E-state index in [1.54, 1.807) is 0 Å². The fourth-order valence-electron chi connectivity index (χ4n) is 4.15. The van der Waals surface area contributed by atoms with Crippen molar-refractivity contribution in [2.75, 3.05) is 19.8 Å². The third-order valence-corrected chi connectivity index (χ3v) is 6.33. The van der Waals surface area contributed by atoms with Crippen molar-refractivity contribution in [3.05, 3.63) is 0 Å². The molecule has 0 radical (unpaired) electrons. The molecule has 10 N–H and O–H groups in total. The highest BCUT2D eigenvalue weighted by Crippen LogP contribution is 2.28. The van der Waals surface area contributed by atoms with Gasteiger partial charge in [-0.05, 0) is 0 Å². The highest BCUT2D eigenvalue weighted by molar-refractivity contribution is 5.66. The first-order valence-corrected chi connectivity index (χ1v) is 11.5. The monoisotopic (exact) mass is 546 g/mol. The first kappa shape index (κ1) is 30.4. The lowest BCUT2D eigenvalue weighted by atomic mass is 9.98. The molecule has 0 aromatic heterocycles. The van der Waals surface area contributed by atoms with Crippen LogP contribution in [0.4, 0.5) is 0 Å². The highest BCUT2D eigenvalue weighted by Gasteiger charge is 2.50. The molecule has 216 valence electrons. The molecular formula is C20H34O17. The molecule has 3 heterocycles. The van der Waals surface area contributed by atoms with E-state index in [4.69, 9.17) is 28.4 Å². The van der Waals surface area contributed by atoms with E-state index in [0.29, 0.717) is 0 Å². The van der Waals surface area contributed by atoms with Crippen molar-refractivity contribution >= 4 is 5.97 Å². The Kier molecular flexibility index (Phi) is 10.5. The van der Waals surface area contributed by atoms with Gasteiger partial charge >= 0.3 is 5.97 Å². The SMILES string of the molecule is CC(=O)OC1C(OCC2OC(O)C(O)C(O)C2O)OC(COC2OC(CO)C(O)C(O)C2O)C(O)C1O. The summed E-state index contributed by atoms with van der Waals surface area (Å²) in [7, 11) is 0. The van der Waals surface area contributed by atoms with Crippen LogP contribution in [-0.4, -0.2) is 169 Å². The number of hydrogen-bond acceptors (Lipinski definition) is 17. The molecule has 0 aliphatic carbocycles. The molecule has 3 aliphatic heterocycles. The summed E-state index contributed by atoms with van der Waals surface area (Å²) in [6, 6.07) is 0. The first-order chi connectivity index (χ1) is 17.4. The van der Waals surface area contributed by atoms with Crippen molar-refractivity contribution in [3.8, 4) is 0 Å². The molecule has 17 nitrogen and oxygen atoms in total. The Labute approximate surface area is 209 Å². The molecule has 17 heteroatoms. The summed E-state index contributed by atoms with van der Waals surface area (Å²) >= 11 is 0. The summed E-state index contributed by atoms with van der Waals surface area (Å²) in [6.45, 7) is -0.887. The third kappa shape index (κ3) is 6.72. The van der Waals surface area contributed by atoms with E-state index < -0.39 is 118 Å². The summed E-state index contributed by atoms with van der Waals surface area (Å²) in [5.41, 5.74) is 0. The molecule has 0 aromatic rings. The van der Waals surface area contributed by atoms with Gasteiger partial charge in [-0.15, -0.1) is 0 Å². The summed E-state index contributed by atoms with van der Waals surface area (Å²) in [5, 5.41) is 99.4. The Balaban J connectivity index is 1.67. The van der Waals surface area contributed by atoms with E-state index in [-0.39, 0.29) is 0 Å². The first-order valence-electron chi connectivity index (χ1n) is 11.5. The number of esters is 1. The highest BCUT2D eigenvalue weighted by atomic mass is 16.7. The van der Waals surface area contributed by atoms with Crippen LogP contribution in [0.2, 0.25) is 0 Å². The smallest absolute Gasteiger partial charge is 0.303 e. The van der Waals surface area contributed by atoms with Gasteiger partial charge in [0.05, 0.1) is 19.8 Å². The van der Waals surface area contributed by atoms with Crippen molar-refractivity contribution in [1.29, 1.82) is 0 Å². The predicted molar refractivity (Wildman–Crippen MR) is 111 cm³/mol. The maximum atomic E-state index is 11.5. The molecule has 3 rings (SSSR count). The summed E-state index contributed by atoms with van der Waals surface area (Å²) in [6.07, 6.45) is -24.6. The third-order valence-electron chi connectivity index (χ3n) is 6.33. The van der Waals surface area contributed by atoms with E-state index in [1.807, 2.05) is 0 Å². The van der Waals surface area contributed by atoms with Crippen LogP contribution < -0.4 is 0 Å². The van der Waals surface area contributed by atoms with Gasteiger partial charge in [0.1, 0.15) is 67.1 Å². The van der Waals surface area contributed by atoms with Crippen LogP contribution in [0.5, 0.6) is 0 Å². The van der Waals surface area contributed by atoms with Gasteiger partial charge < -0.3 is 79.5 Å². The summed E-state index contributed by atoms with van der Waals surface area (Å²) in [5.74, 6) is -0.868. The van der Waals surface area contributed by atoms with Gasteiger partial charge in [0.25, 0.3) is 0 Å². The minimum atomic E-state index is -1.85. The molecule has 15 unspecified atom stereocenters. The molecule has 37 heavy (non-hydrogen) atoms. The van der Waals surface area contributed by atoms with E-state index >= 15 is 0 Å². The normalized spacial score (nSPS) is 49.0. The molecule has 3 aliphatic rings. The van der Waals surface area contributed by atoms with Gasteiger partial charge in [-0.1, -0.05) is 0 Å². The molecule has 15 atom stereocenters. The fraction of sp³-hybridized carbons (Fsp3) is 0.950. The van der Waals surface area contributed by atoms with Crippen molar-refractivity contribution in [1.82, 2.24) is 0 Å². The van der Waals surface area contributed by atoms with E-state index in [2.05, 4.69) is 0 Å². The molecular weight excluding hydrogens is 512 g/mol. The van der Waals surface area contributed by atoms with Crippen LogP contribution in [0.3, 0.4) is 0 Å². The van der Waals surface area contributed by atoms with Crippen molar-refractivity contribution in [3.63, 3.8) is 0 Å². The quantitative estimate of drug-likeness (QED) is 0.127. The fourth-order valence-corrected chi connectivity index (χ4v) is 4.15. The van der Waals surface area contributed by atoms with Crippen LogP contribution in [0.15, 0.2) is 0 Å². The van der Waals surface area contributed by atoms with E-state index in [9.17, 15) is 55.9 Å². The van der Waals surface area contributed by atoms with Crippen LogP contribution in [-0.2, 0) is 33.2 Å². The van der Waals surface area contributed by atoms with E-state index in [1.165, 1.54) is 0 Å². The summed E-state index contributed by atoms with van der Waals surface area (Å²) in [4.78, 5) is 11.5. The zero-order chi connectivity index (χ0) is 27.6. The van der Waals surface area contributed by atoms with Crippen LogP contribution in [0.25, 0.3) is 0 Å². The standard InChI is InChI=1S/C20H34O17/c1-5(22)34-17-14(28)11(25)8(4-32-19-16(30)13(27)9(23)6(2-21)36-19)37-20(17)33-3-7-10(24)12(26)15(29)18(31)35-7/h6-21,23-31H,2-4H2,1H3. The second-order valence-corrected chi connectivity index (χ2v) is 9.00. The van der Waals surface area contributed by atoms with Gasteiger partial charge in [0.2, 0.25) is 0 Å². The van der Waals surface area contributed by atoms with Crippen molar-refractivity contribution in [2.45, 2.75) is 99.0 Å². The number of aliphatic hydroxyl groups excluding tert-OH is 10. The lowest BCUT2D eigenvalue weighted by Crippen LogP contribution is -2.63. The lowest BCUT2D eigenvalue weighted by Gasteiger charge is -2.44. The van der Waals surface area contributed by atoms with Crippen LogP contribution >= 0.6 is 0 Å². The molecule has 3 saturated heterocycles. The largest absolute Gasteiger partial charge is 0.454 e. The van der Waals surface area contributed by atoms with Gasteiger partial charge in [0.15, 0.2) is 25.0 Å². The van der Waals surface area contributed by atoms with E-state index in [0.717, 1.165) is 6.92 Å². The van der Waals surface area contributed by atoms with Crippen LogP contribution in [0.1, 0.15) is 6.92 Å². The molecule has 0 saturated carbocycles. The Morgan fingerprint density at radius 3 is 1.70 bits per heavy atom. The Morgan fingerprint density at radius 1 is 0.622 bits per heavy atom. The maximum absolute atomic E-state index is 11.5. The average molecular weight is 546 g/mol. The number of hydrogen-bond donors (Lipinski definition) is 10. The Morgan fingerprint density at radius 2 is 1.11 bits per heavy atom. The number of carbonyl (C=O) groups excluding carboxylic acids is 1. The summed E-state index contributed by atoms with van der Waals surface area (Å²) < 4.78 is 31.6. The lowest BCUT2D eigenvalue weighted by molar-refractivity contribution is -0.340. The zero-order valence-electron chi connectivity index (χ0n) is 19.6. The van der Waals surface area contributed by atoms with Gasteiger partial charge in [-0.25, -0.2) is 0 Å². The number of rotatable bonds is 8. The molecule has 3 fully saturated rings. The Hall–Kier alpha value is -1.13. The number of carbonyl (C=O) groups is 1. The van der Waals surface area contributed by atoms with Gasteiger partial charge in [0, 0.05) is 6.92 Å². The van der Waals surface area contributed by atoms with Crippen molar-refractivity contribution < 1.29 is 84.3 Å². The molecule has 0 amide bonds. The van der Waals surface area contributed by atoms with Gasteiger partial charge in [-0.2, -0.15) is 0 Å². The second kappa shape index (κ2) is 12.8. The number of ether oxygens (including phenoxy) is 6. The van der Waals surface area contributed by atoms with Crippen molar-refractivity contribution in [2.24, 2.45) is 0 Å². The average Bonchev–Trinajstić information content (AvgIpc) is 2.86. The predicted octanol–water partition coefficient (Wildman–Crippen LogP) is -7.00. The molecule has 0 bridgehead atoms. The topological polar surface area (TPSA) is 275 Å². The maximum Gasteiger partial charge on any atom is 0.303 e. The van der Waals surface area contributed by atoms with Gasteiger partial charge in [-0.3, -0.25) is 4.79 Å². The Bertz CT molecular complexity index is 740. The molecule has 0 aromatic carbocycles. The second-order valence-electron chi connectivity index (χ2n) is 9.00. The zero-order valence-corrected chi connectivity index (χ0v) is 19.6. The van der Waals surface area contributed by atoms with Crippen LogP contribution in [0, 0.1) is 0 Å². The minimum Gasteiger partial charge on any atom is -0.454 e. The number of aliphatic hydroxyl groups is 10. The molecule has 0 spiro atoms.